The molecule has 1 unspecified atom stereocenters. The lowest BCUT2D eigenvalue weighted by molar-refractivity contribution is -0.122. The Hall–Kier alpha value is -2.16. The van der Waals surface area contributed by atoms with Crippen molar-refractivity contribution in [1.29, 1.82) is 0 Å². The maximum atomic E-state index is 13.1. The number of hydrogen-bond acceptors (Lipinski definition) is 1. The van der Waals surface area contributed by atoms with Gasteiger partial charge in [-0.2, -0.15) is 0 Å². The van der Waals surface area contributed by atoms with E-state index in [1.807, 2.05) is 24.3 Å². The number of amides is 1. The Morgan fingerprint density at radius 3 is 2.59 bits per heavy atom. The van der Waals surface area contributed by atoms with E-state index in [1.165, 1.54) is 30.5 Å². The molecule has 0 aromatic heterocycles. The van der Waals surface area contributed by atoms with Gasteiger partial charge in [-0.15, -0.1) is 0 Å². The van der Waals surface area contributed by atoms with Crippen LogP contribution in [-0.4, -0.2) is 5.91 Å². The van der Waals surface area contributed by atoms with Crippen LogP contribution in [0.15, 0.2) is 54.6 Å². The molecule has 22 heavy (non-hydrogen) atoms. The summed E-state index contributed by atoms with van der Waals surface area (Å²) in [4.78, 5) is 12.2. The molecule has 0 bridgehead atoms. The third-order valence-electron chi connectivity index (χ3n) is 4.10. The molecule has 1 atom stereocenters. The Bertz CT molecular complexity index is 637. The highest BCUT2D eigenvalue weighted by molar-refractivity contribution is 5.76. The van der Waals surface area contributed by atoms with E-state index in [0.29, 0.717) is 18.8 Å². The molecule has 1 amide bonds. The third kappa shape index (κ3) is 3.94. The smallest absolute Gasteiger partial charge is 0.220 e. The number of carbonyl (C=O) groups is 1. The van der Waals surface area contributed by atoms with Gasteiger partial charge in [0.25, 0.3) is 0 Å². The van der Waals surface area contributed by atoms with E-state index < -0.39 is 0 Å². The first-order valence-electron chi connectivity index (χ1n) is 7.81. The van der Waals surface area contributed by atoms with Crippen molar-refractivity contribution in [2.45, 2.75) is 31.7 Å². The molecule has 0 radical (unpaired) electrons. The minimum Gasteiger partial charge on any atom is -0.349 e. The Morgan fingerprint density at radius 1 is 1.14 bits per heavy atom. The second kappa shape index (κ2) is 6.73. The average Bonchev–Trinajstić information content (AvgIpc) is 3.36. The van der Waals surface area contributed by atoms with Crippen LogP contribution in [0.1, 0.15) is 36.4 Å². The van der Waals surface area contributed by atoms with Gasteiger partial charge in [0, 0.05) is 6.42 Å². The van der Waals surface area contributed by atoms with Crippen molar-refractivity contribution in [3.63, 3.8) is 0 Å². The van der Waals surface area contributed by atoms with E-state index in [0.717, 1.165) is 5.56 Å². The molecular weight excluding hydrogens is 277 g/mol. The molecule has 1 aliphatic rings. The molecule has 2 aromatic carbocycles. The molecule has 1 fully saturated rings. The summed E-state index contributed by atoms with van der Waals surface area (Å²) in [5.41, 5.74) is 2.03. The Balaban J connectivity index is 1.58. The van der Waals surface area contributed by atoms with Crippen molar-refractivity contribution in [1.82, 2.24) is 5.32 Å². The summed E-state index contributed by atoms with van der Waals surface area (Å²) in [6, 6.07) is 16.7. The van der Waals surface area contributed by atoms with Gasteiger partial charge in [-0.05, 0) is 48.4 Å². The second-order valence-corrected chi connectivity index (χ2v) is 5.92. The van der Waals surface area contributed by atoms with Crippen molar-refractivity contribution in [3.8, 4) is 0 Å². The Labute approximate surface area is 130 Å². The summed E-state index contributed by atoms with van der Waals surface area (Å²) in [7, 11) is 0. The fraction of sp³-hybridized carbons (Fsp3) is 0.316. The van der Waals surface area contributed by atoms with Crippen molar-refractivity contribution in [3.05, 3.63) is 71.5 Å². The zero-order valence-corrected chi connectivity index (χ0v) is 12.5. The summed E-state index contributed by atoms with van der Waals surface area (Å²) in [5.74, 6) is 0.337. The number of benzene rings is 2. The highest BCUT2D eigenvalue weighted by Crippen LogP contribution is 2.40. The van der Waals surface area contributed by atoms with Gasteiger partial charge in [0.1, 0.15) is 5.82 Å². The number of rotatable bonds is 6. The highest BCUT2D eigenvalue weighted by atomic mass is 19.1. The standard InChI is InChI=1S/C19H20FNO/c20-17-8-4-5-14(13-17)9-12-18(22)21-19(16-10-11-16)15-6-2-1-3-7-15/h1-8,13,16,19H,9-12H2,(H,21,22). The molecule has 0 spiro atoms. The number of aryl methyl sites for hydroxylation is 1. The molecule has 1 N–H and O–H groups in total. The van der Waals surface area contributed by atoms with E-state index >= 15 is 0 Å². The fourth-order valence-electron chi connectivity index (χ4n) is 2.76. The second-order valence-electron chi connectivity index (χ2n) is 5.92. The lowest BCUT2D eigenvalue weighted by atomic mass is 10.0. The monoisotopic (exact) mass is 297 g/mol. The molecule has 0 heterocycles. The van der Waals surface area contributed by atoms with Gasteiger partial charge >= 0.3 is 0 Å². The maximum Gasteiger partial charge on any atom is 0.220 e. The third-order valence-corrected chi connectivity index (χ3v) is 4.10. The minimum atomic E-state index is -0.252. The van der Waals surface area contributed by atoms with Gasteiger partial charge in [0.2, 0.25) is 5.91 Å². The van der Waals surface area contributed by atoms with Crippen LogP contribution in [0.5, 0.6) is 0 Å². The van der Waals surface area contributed by atoms with Crippen LogP contribution in [0.4, 0.5) is 4.39 Å². The molecule has 1 aliphatic carbocycles. The first-order valence-corrected chi connectivity index (χ1v) is 7.81. The van der Waals surface area contributed by atoms with E-state index in [1.54, 1.807) is 6.07 Å². The predicted octanol–water partition coefficient (Wildman–Crippen LogP) is 4.03. The first kappa shape index (κ1) is 14.8. The van der Waals surface area contributed by atoms with Gasteiger partial charge in [-0.1, -0.05) is 42.5 Å². The van der Waals surface area contributed by atoms with Gasteiger partial charge in [0.15, 0.2) is 0 Å². The van der Waals surface area contributed by atoms with Gasteiger partial charge in [0.05, 0.1) is 6.04 Å². The maximum absolute atomic E-state index is 13.1. The minimum absolute atomic E-state index is 0.0324. The molecule has 0 aliphatic heterocycles. The molecule has 3 heteroatoms. The van der Waals surface area contributed by atoms with Gasteiger partial charge in [-0.3, -0.25) is 4.79 Å². The number of nitrogens with one attached hydrogen (secondary N) is 1. The zero-order valence-electron chi connectivity index (χ0n) is 12.5. The van der Waals surface area contributed by atoms with Crippen molar-refractivity contribution < 1.29 is 9.18 Å². The molecule has 0 saturated heterocycles. The number of carbonyl (C=O) groups excluding carboxylic acids is 1. The van der Waals surface area contributed by atoms with E-state index in [4.69, 9.17) is 0 Å². The van der Waals surface area contributed by atoms with Crippen LogP contribution < -0.4 is 5.32 Å². The topological polar surface area (TPSA) is 29.1 Å². The van der Waals surface area contributed by atoms with Crippen molar-refractivity contribution in [2.24, 2.45) is 5.92 Å². The van der Waals surface area contributed by atoms with Gasteiger partial charge < -0.3 is 5.32 Å². The van der Waals surface area contributed by atoms with Crippen molar-refractivity contribution >= 4 is 5.91 Å². The van der Waals surface area contributed by atoms with E-state index in [-0.39, 0.29) is 17.8 Å². The van der Waals surface area contributed by atoms with E-state index in [9.17, 15) is 9.18 Å². The Morgan fingerprint density at radius 2 is 1.91 bits per heavy atom. The lowest BCUT2D eigenvalue weighted by Gasteiger charge is -2.18. The summed E-state index contributed by atoms with van der Waals surface area (Å²) >= 11 is 0. The van der Waals surface area contributed by atoms with Crippen LogP contribution >= 0.6 is 0 Å². The summed E-state index contributed by atoms with van der Waals surface area (Å²) in [5, 5.41) is 3.15. The van der Waals surface area contributed by atoms with Crippen LogP contribution in [0.3, 0.4) is 0 Å². The molecule has 2 nitrogen and oxygen atoms in total. The van der Waals surface area contributed by atoms with E-state index in [2.05, 4.69) is 17.4 Å². The van der Waals surface area contributed by atoms with Crippen LogP contribution in [0, 0.1) is 11.7 Å². The lowest BCUT2D eigenvalue weighted by Crippen LogP contribution is -2.30. The van der Waals surface area contributed by atoms with Crippen LogP contribution in [0.2, 0.25) is 0 Å². The summed E-state index contributed by atoms with van der Waals surface area (Å²) in [6.45, 7) is 0. The van der Waals surface area contributed by atoms with Gasteiger partial charge in [-0.25, -0.2) is 4.39 Å². The SMILES string of the molecule is O=C(CCc1cccc(F)c1)NC(c1ccccc1)C1CC1. The summed E-state index contributed by atoms with van der Waals surface area (Å²) < 4.78 is 13.1. The molecule has 114 valence electrons. The Kier molecular flexibility index (Phi) is 4.52. The highest BCUT2D eigenvalue weighted by Gasteiger charge is 2.33. The number of hydrogen-bond donors (Lipinski definition) is 1. The number of halogens is 1. The normalized spacial score (nSPS) is 15.3. The molecular formula is C19H20FNO. The molecule has 1 saturated carbocycles. The van der Waals surface area contributed by atoms with Crippen LogP contribution in [-0.2, 0) is 11.2 Å². The molecule has 3 rings (SSSR count). The van der Waals surface area contributed by atoms with Crippen LogP contribution in [0.25, 0.3) is 0 Å². The first-order chi connectivity index (χ1) is 10.7. The summed E-state index contributed by atoms with van der Waals surface area (Å²) in [6.07, 6.45) is 3.29. The quantitative estimate of drug-likeness (QED) is 0.857. The van der Waals surface area contributed by atoms with Crippen molar-refractivity contribution in [2.75, 3.05) is 0 Å². The predicted molar refractivity (Wildman–Crippen MR) is 84.8 cm³/mol. The zero-order chi connectivity index (χ0) is 15.4. The molecule has 2 aromatic rings. The average molecular weight is 297 g/mol. The fourth-order valence-corrected chi connectivity index (χ4v) is 2.76. The largest absolute Gasteiger partial charge is 0.349 e.